The second kappa shape index (κ2) is 7.67. The smallest absolute Gasteiger partial charge is 0.176 e. The zero-order chi connectivity index (χ0) is 22.6. The number of fused-ring (bicyclic) bond motifs is 2. The minimum atomic E-state index is -3.62. The Bertz CT molecular complexity index is 1180. The average Bonchev–Trinajstić information content (AvgIpc) is 3.33. The fourth-order valence-corrected chi connectivity index (χ4v) is 7.18. The van der Waals surface area contributed by atoms with Crippen LogP contribution in [0.3, 0.4) is 0 Å². The molecule has 0 radical (unpaired) electrons. The first-order chi connectivity index (χ1) is 14.5. The van der Waals surface area contributed by atoms with Crippen LogP contribution in [0.15, 0.2) is 58.3 Å². The average molecular weight is 461 g/mol. The van der Waals surface area contributed by atoms with Gasteiger partial charge in [0.15, 0.2) is 31.2 Å². The van der Waals surface area contributed by atoms with E-state index in [2.05, 4.69) is 0 Å². The quantitative estimate of drug-likeness (QED) is 0.614. The summed E-state index contributed by atoms with van der Waals surface area (Å²) in [4.78, 5) is 27.1. The molecule has 0 heterocycles. The highest BCUT2D eigenvalue weighted by atomic mass is 32.2. The molecule has 2 bridgehead atoms. The molecule has 4 rings (SSSR count). The van der Waals surface area contributed by atoms with Crippen molar-refractivity contribution in [2.75, 3.05) is 12.5 Å². The van der Waals surface area contributed by atoms with Gasteiger partial charge in [0.2, 0.25) is 0 Å². The minimum Gasteiger partial charge on any atom is -0.294 e. The maximum Gasteiger partial charge on any atom is 0.176 e. The molecule has 0 amide bonds. The largest absolute Gasteiger partial charge is 0.294 e. The maximum atomic E-state index is 13.6. The molecule has 2 aliphatic carbocycles. The van der Waals surface area contributed by atoms with E-state index in [-0.39, 0.29) is 44.3 Å². The number of carbonyl (C=O) groups excluding carboxylic acids is 2. The van der Waals surface area contributed by atoms with Gasteiger partial charge in [0.05, 0.1) is 9.79 Å². The molecule has 164 valence electrons. The molecular weight excluding hydrogens is 436 g/mol. The van der Waals surface area contributed by atoms with Gasteiger partial charge < -0.3 is 0 Å². The summed E-state index contributed by atoms with van der Waals surface area (Å²) < 4.78 is 49.0. The van der Waals surface area contributed by atoms with Crippen LogP contribution < -0.4 is 0 Å². The third kappa shape index (κ3) is 3.87. The van der Waals surface area contributed by atoms with Gasteiger partial charge in [-0.15, -0.1) is 0 Å². The highest BCUT2D eigenvalue weighted by Crippen LogP contribution is 2.54. The lowest BCUT2D eigenvalue weighted by molar-refractivity contribution is 0.0690. The maximum absolute atomic E-state index is 13.6. The van der Waals surface area contributed by atoms with Gasteiger partial charge in [-0.3, -0.25) is 9.59 Å². The van der Waals surface area contributed by atoms with Gasteiger partial charge in [0.1, 0.15) is 0 Å². The van der Waals surface area contributed by atoms with E-state index in [0.717, 1.165) is 31.8 Å². The highest BCUT2D eigenvalue weighted by Gasteiger charge is 2.54. The molecule has 2 saturated carbocycles. The van der Waals surface area contributed by atoms with Gasteiger partial charge in [-0.05, 0) is 43.2 Å². The highest BCUT2D eigenvalue weighted by molar-refractivity contribution is 7.91. The summed E-state index contributed by atoms with van der Waals surface area (Å²) in [6.45, 7) is 0. The van der Waals surface area contributed by atoms with Gasteiger partial charge in [0.25, 0.3) is 0 Å². The molecule has 6 nitrogen and oxygen atoms in total. The van der Waals surface area contributed by atoms with E-state index in [1.54, 1.807) is 24.3 Å². The standard InChI is InChI=1S/C23H24O6S2/c1-30(26,27)18-9-5-3-7-16(18)22(24)20-14-11-12-15(13-14)21(20)23(25)17-8-4-6-10-19(17)31(2,28)29/h3-10,14-15,20-21H,11-13H2,1-2H3. The Kier molecular flexibility index (Phi) is 5.42. The zero-order valence-electron chi connectivity index (χ0n) is 17.3. The summed E-state index contributed by atoms with van der Waals surface area (Å²) in [6.07, 6.45) is 4.45. The Morgan fingerprint density at radius 3 is 1.39 bits per heavy atom. The number of benzene rings is 2. The first-order valence-corrected chi connectivity index (χ1v) is 13.9. The van der Waals surface area contributed by atoms with Crippen LogP contribution in [0.1, 0.15) is 40.0 Å². The van der Waals surface area contributed by atoms with Crippen LogP contribution in [0.2, 0.25) is 0 Å². The monoisotopic (exact) mass is 460 g/mol. The summed E-state index contributed by atoms with van der Waals surface area (Å²) in [5.74, 6) is -2.01. The van der Waals surface area contributed by atoms with Crippen LogP contribution in [0.25, 0.3) is 0 Å². The number of carbonyl (C=O) groups is 2. The Labute approximate surface area is 182 Å². The minimum absolute atomic E-state index is 0.00976. The third-order valence-corrected chi connectivity index (χ3v) is 8.94. The van der Waals surface area contributed by atoms with Crippen LogP contribution in [0.4, 0.5) is 0 Å². The molecule has 2 aliphatic rings. The Morgan fingerprint density at radius 1 is 0.677 bits per heavy atom. The van der Waals surface area contributed by atoms with Gasteiger partial charge in [-0.2, -0.15) is 0 Å². The number of rotatable bonds is 6. The third-order valence-electron chi connectivity index (χ3n) is 6.63. The Balaban J connectivity index is 1.79. The number of hydrogen-bond donors (Lipinski definition) is 0. The molecule has 4 atom stereocenters. The van der Waals surface area contributed by atoms with E-state index < -0.39 is 31.5 Å². The Morgan fingerprint density at radius 2 is 1.03 bits per heavy atom. The molecule has 4 unspecified atom stereocenters. The normalized spacial score (nSPS) is 25.5. The van der Waals surface area contributed by atoms with E-state index in [1.165, 1.54) is 24.3 Å². The molecule has 0 aliphatic heterocycles. The summed E-state index contributed by atoms with van der Waals surface area (Å²) >= 11 is 0. The van der Waals surface area contributed by atoms with E-state index in [1.807, 2.05) is 0 Å². The van der Waals surface area contributed by atoms with Crippen LogP contribution >= 0.6 is 0 Å². The van der Waals surface area contributed by atoms with Crippen molar-refractivity contribution in [3.05, 3.63) is 59.7 Å². The molecular formula is C23H24O6S2. The van der Waals surface area contributed by atoms with Crippen molar-refractivity contribution in [3.8, 4) is 0 Å². The first-order valence-electron chi connectivity index (χ1n) is 10.2. The van der Waals surface area contributed by atoms with Crippen molar-refractivity contribution < 1.29 is 26.4 Å². The van der Waals surface area contributed by atoms with Gasteiger partial charge in [0, 0.05) is 35.5 Å². The molecule has 0 N–H and O–H groups in total. The van der Waals surface area contributed by atoms with Crippen LogP contribution in [0.5, 0.6) is 0 Å². The lowest BCUT2D eigenvalue weighted by Crippen LogP contribution is -2.36. The van der Waals surface area contributed by atoms with Gasteiger partial charge >= 0.3 is 0 Å². The lowest BCUT2D eigenvalue weighted by Gasteiger charge is -2.30. The van der Waals surface area contributed by atoms with E-state index >= 15 is 0 Å². The van der Waals surface area contributed by atoms with Crippen LogP contribution in [-0.2, 0) is 19.7 Å². The van der Waals surface area contributed by atoms with E-state index in [0.29, 0.717) is 0 Å². The predicted molar refractivity (Wildman–Crippen MR) is 116 cm³/mol. The SMILES string of the molecule is CS(=O)(=O)c1ccccc1C(=O)C1C2CCC(C2)C1C(=O)c1ccccc1S(C)(=O)=O. The summed E-state index contributed by atoms with van der Waals surface area (Å²) in [7, 11) is -7.24. The summed E-state index contributed by atoms with van der Waals surface area (Å²) in [6, 6.07) is 12.2. The van der Waals surface area contributed by atoms with Crippen molar-refractivity contribution in [3.63, 3.8) is 0 Å². The molecule has 31 heavy (non-hydrogen) atoms. The summed E-state index contributed by atoms with van der Waals surface area (Å²) in [5, 5.41) is 0. The van der Waals surface area contributed by atoms with Gasteiger partial charge in [-0.1, -0.05) is 36.4 Å². The molecule has 2 aromatic carbocycles. The van der Waals surface area contributed by atoms with Crippen molar-refractivity contribution in [1.82, 2.24) is 0 Å². The number of ketones is 2. The van der Waals surface area contributed by atoms with Crippen molar-refractivity contribution in [2.45, 2.75) is 29.1 Å². The van der Waals surface area contributed by atoms with Gasteiger partial charge in [-0.25, -0.2) is 16.8 Å². The Hall–Kier alpha value is -2.32. The van der Waals surface area contributed by atoms with Crippen LogP contribution in [0, 0.1) is 23.7 Å². The fraction of sp³-hybridized carbons (Fsp3) is 0.391. The number of Topliss-reactive ketones (excluding diaryl/α,β-unsaturated/α-hetero) is 2. The zero-order valence-corrected chi connectivity index (χ0v) is 18.9. The molecule has 0 spiro atoms. The van der Waals surface area contributed by atoms with E-state index in [4.69, 9.17) is 0 Å². The summed E-state index contributed by atoms with van der Waals surface area (Å²) in [5.41, 5.74) is 0.216. The molecule has 0 saturated heterocycles. The first kappa shape index (κ1) is 21.9. The molecule has 0 aromatic heterocycles. The number of hydrogen-bond acceptors (Lipinski definition) is 6. The topological polar surface area (TPSA) is 102 Å². The van der Waals surface area contributed by atoms with Crippen molar-refractivity contribution >= 4 is 31.2 Å². The molecule has 2 fully saturated rings. The fourth-order valence-electron chi connectivity index (χ4n) is 5.39. The van der Waals surface area contributed by atoms with E-state index in [9.17, 15) is 26.4 Å². The number of sulfone groups is 2. The second-order valence-electron chi connectivity index (χ2n) is 8.65. The lowest BCUT2D eigenvalue weighted by atomic mass is 9.72. The second-order valence-corrected chi connectivity index (χ2v) is 12.6. The van der Waals surface area contributed by atoms with Crippen LogP contribution in [-0.4, -0.2) is 40.9 Å². The van der Waals surface area contributed by atoms with Crippen molar-refractivity contribution in [1.29, 1.82) is 0 Å². The molecule has 8 heteroatoms. The predicted octanol–water partition coefficient (Wildman–Crippen LogP) is 3.22. The molecule has 2 aromatic rings. The van der Waals surface area contributed by atoms with Crippen molar-refractivity contribution in [2.24, 2.45) is 23.7 Å².